The normalized spacial score (nSPS) is 18.2. The summed E-state index contributed by atoms with van der Waals surface area (Å²) in [6.45, 7) is 0. The van der Waals surface area contributed by atoms with Crippen molar-refractivity contribution in [3.63, 3.8) is 0 Å². The Morgan fingerprint density at radius 1 is 1.00 bits per heavy atom. The van der Waals surface area contributed by atoms with Gasteiger partial charge in [-0.3, -0.25) is 4.79 Å². The van der Waals surface area contributed by atoms with Crippen LogP contribution in [0.3, 0.4) is 0 Å². The van der Waals surface area contributed by atoms with E-state index in [0.717, 1.165) is 10.5 Å². The second kappa shape index (κ2) is 4.70. The molecule has 0 spiro atoms. The molecule has 1 fully saturated rings. The number of urea groups is 1. The molecule has 1 heterocycles. The van der Waals surface area contributed by atoms with Gasteiger partial charge in [-0.05, 0) is 23.8 Å². The molecule has 5 heteroatoms. The Morgan fingerprint density at radius 2 is 1.75 bits per heavy atom. The molecule has 2 aromatic rings. The minimum Gasteiger partial charge on any atom is -0.399 e. The SMILES string of the molecule is Nc1cccc(N2C(=O)NC(c3ccccc3)C2=O)c1. The summed E-state index contributed by atoms with van der Waals surface area (Å²) in [7, 11) is 0. The van der Waals surface area contributed by atoms with Crippen LogP contribution in [0.25, 0.3) is 0 Å². The van der Waals surface area contributed by atoms with Gasteiger partial charge in [0, 0.05) is 5.69 Å². The van der Waals surface area contributed by atoms with Gasteiger partial charge in [-0.15, -0.1) is 0 Å². The Hall–Kier alpha value is -2.82. The van der Waals surface area contributed by atoms with E-state index in [0.29, 0.717) is 11.4 Å². The van der Waals surface area contributed by atoms with Gasteiger partial charge in [0.1, 0.15) is 6.04 Å². The minimum absolute atomic E-state index is 0.299. The van der Waals surface area contributed by atoms with E-state index in [9.17, 15) is 9.59 Å². The Bertz CT molecular complexity index is 670. The average molecular weight is 267 g/mol. The van der Waals surface area contributed by atoms with Gasteiger partial charge in [-0.2, -0.15) is 0 Å². The predicted octanol–water partition coefficient (Wildman–Crippen LogP) is 2.07. The highest BCUT2D eigenvalue weighted by molar-refractivity contribution is 6.21. The number of carbonyl (C=O) groups is 2. The molecule has 3 N–H and O–H groups in total. The van der Waals surface area contributed by atoms with Crippen LogP contribution >= 0.6 is 0 Å². The third-order valence-electron chi connectivity index (χ3n) is 3.20. The average Bonchev–Trinajstić information content (AvgIpc) is 2.75. The lowest BCUT2D eigenvalue weighted by Gasteiger charge is -2.13. The molecule has 1 unspecified atom stereocenters. The van der Waals surface area contributed by atoms with Gasteiger partial charge in [0.15, 0.2) is 0 Å². The highest BCUT2D eigenvalue weighted by atomic mass is 16.2. The lowest BCUT2D eigenvalue weighted by atomic mass is 10.1. The second-order valence-electron chi connectivity index (χ2n) is 4.56. The summed E-state index contributed by atoms with van der Waals surface area (Å²) in [6, 6.07) is 14.8. The van der Waals surface area contributed by atoms with Crippen molar-refractivity contribution in [1.82, 2.24) is 5.32 Å². The molecule has 0 aromatic heterocycles. The predicted molar refractivity (Wildman–Crippen MR) is 76.1 cm³/mol. The molecule has 0 radical (unpaired) electrons. The minimum atomic E-state index is -0.648. The summed E-state index contributed by atoms with van der Waals surface area (Å²) >= 11 is 0. The first-order valence-electron chi connectivity index (χ1n) is 6.22. The molecular weight excluding hydrogens is 254 g/mol. The van der Waals surface area contributed by atoms with Crippen LogP contribution in [0.5, 0.6) is 0 Å². The third-order valence-corrected chi connectivity index (χ3v) is 3.20. The molecular formula is C15H13N3O2. The molecule has 1 aliphatic rings. The van der Waals surface area contributed by atoms with Crippen LogP contribution in [0.1, 0.15) is 11.6 Å². The first kappa shape index (κ1) is 12.2. The number of imide groups is 1. The zero-order chi connectivity index (χ0) is 14.1. The fourth-order valence-electron chi connectivity index (χ4n) is 2.26. The molecule has 1 saturated heterocycles. The molecule has 0 bridgehead atoms. The first-order valence-corrected chi connectivity index (χ1v) is 6.22. The van der Waals surface area contributed by atoms with E-state index in [-0.39, 0.29) is 5.91 Å². The van der Waals surface area contributed by atoms with Crippen molar-refractivity contribution < 1.29 is 9.59 Å². The number of hydrogen-bond donors (Lipinski definition) is 2. The standard InChI is InChI=1S/C15H13N3O2/c16-11-7-4-8-12(9-11)18-14(19)13(17-15(18)20)10-5-2-1-3-6-10/h1-9,13H,16H2,(H,17,20). The number of amides is 3. The molecule has 100 valence electrons. The Kier molecular flexibility index (Phi) is 2.87. The van der Waals surface area contributed by atoms with E-state index in [1.165, 1.54) is 0 Å². The van der Waals surface area contributed by atoms with Crippen molar-refractivity contribution in [2.45, 2.75) is 6.04 Å². The Morgan fingerprint density at radius 3 is 2.45 bits per heavy atom. The van der Waals surface area contributed by atoms with Crippen molar-refractivity contribution in [1.29, 1.82) is 0 Å². The number of anilines is 2. The molecule has 0 aliphatic carbocycles. The molecule has 1 atom stereocenters. The van der Waals surface area contributed by atoms with Gasteiger partial charge in [0.2, 0.25) is 0 Å². The molecule has 3 amide bonds. The zero-order valence-corrected chi connectivity index (χ0v) is 10.6. The summed E-state index contributed by atoms with van der Waals surface area (Å²) < 4.78 is 0. The monoisotopic (exact) mass is 267 g/mol. The van der Waals surface area contributed by atoms with Crippen molar-refractivity contribution in [2.24, 2.45) is 0 Å². The van der Waals surface area contributed by atoms with E-state index in [1.54, 1.807) is 24.3 Å². The quantitative estimate of drug-likeness (QED) is 0.646. The number of nitrogens with zero attached hydrogens (tertiary/aromatic N) is 1. The number of nitrogens with two attached hydrogens (primary N) is 1. The van der Waals surface area contributed by atoms with E-state index in [4.69, 9.17) is 5.73 Å². The van der Waals surface area contributed by atoms with E-state index in [2.05, 4.69) is 5.32 Å². The van der Waals surface area contributed by atoms with Gasteiger partial charge in [-0.1, -0.05) is 36.4 Å². The molecule has 3 rings (SSSR count). The maximum absolute atomic E-state index is 12.4. The fraction of sp³-hybridized carbons (Fsp3) is 0.0667. The van der Waals surface area contributed by atoms with Crippen LogP contribution < -0.4 is 16.0 Å². The summed E-state index contributed by atoms with van der Waals surface area (Å²) in [4.78, 5) is 25.6. The topological polar surface area (TPSA) is 75.4 Å². The van der Waals surface area contributed by atoms with Crippen molar-refractivity contribution in [3.8, 4) is 0 Å². The van der Waals surface area contributed by atoms with Crippen LogP contribution in [-0.4, -0.2) is 11.9 Å². The number of carbonyl (C=O) groups excluding carboxylic acids is 2. The smallest absolute Gasteiger partial charge is 0.329 e. The maximum atomic E-state index is 12.4. The Balaban J connectivity index is 1.95. The van der Waals surface area contributed by atoms with Gasteiger partial charge in [0.25, 0.3) is 5.91 Å². The number of nitrogen functional groups attached to an aromatic ring is 1. The summed E-state index contributed by atoms with van der Waals surface area (Å²) in [6.07, 6.45) is 0. The van der Waals surface area contributed by atoms with Gasteiger partial charge >= 0.3 is 6.03 Å². The Labute approximate surface area is 116 Å². The van der Waals surface area contributed by atoms with E-state index in [1.807, 2.05) is 30.3 Å². The maximum Gasteiger partial charge on any atom is 0.329 e. The molecule has 0 saturated carbocycles. The highest BCUT2D eigenvalue weighted by Crippen LogP contribution is 2.27. The van der Waals surface area contributed by atoms with Crippen LogP contribution in [0.2, 0.25) is 0 Å². The number of nitrogens with one attached hydrogen (secondary N) is 1. The van der Waals surface area contributed by atoms with Gasteiger partial charge in [-0.25, -0.2) is 9.69 Å². The lowest BCUT2D eigenvalue weighted by Crippen LogP contribution is -2.30. The lowest BCUT2D eigenvalue weighted by molar-refractivity contribution is -0.118. The van der Waals surface area contributed by atoms with Crippen LogP contribution in [-0.2, 0) is 4.79 Å². The van der Waals surface area contributed by atoms with Crippen LogP contribution in [0, 0.1) is 0 Å². The summed E-state index contributed by atoms with van der Waals surface area (Å²) in [5, 5.41) is 2.68. The molecule has 1 aliphatic heterocycles. The first-order chi connectivity index (χ1) is 9.66. The number of benzene rings is 2. The summed E-state index contributed by atoms with van der Waals surface area (Å²) in [5.74, 6) is -0.299. The van der Waals surface area contributed by atoms with E-state index < -0.39 is 12.1 Å². The third kappa shape index (κ3) is 1.99. The largest absolute Gasteiger partial charge is 0.399 e. The highest BCUT2D eigenvalue weighted by Gasteiger charge is 2.39. The van der Waals surface area contributed by atoms with Crippen molar-refractivity contribution in [2.75, 3.05) is 10.6 Å². The van der Waals surface area contributed by atoms with Gasteiger partial charge in [0.05, 0.1) is 5.69 Å². The van der Waals surface area contributed by atoms with Crippen LogP contribution in [0.4, 0.5) is 16.2 Å². The summed E-state index contributed by atoms with van der Waals surface area (Å²) in [5.41, 5.74) is 7.44. The van der Waals surface area contributed by atoms with Crippen LogP contribution in [0.15, 0.2) is 54.6 Å². The zero-order valence-electron chi connectivity index (χ0n) is 10.6. The molecule has 5 nitrogen and oxygen atoms in total. The number of rotatable bonds is 2. The van der Waals surface area contributed by atoms with E-state index >= 15 is 0 Å². The fourth-order valence-corrected chi connectivity index (χ4v) is 2.26. The second-order valence-corrected chi connectivity index (χ2v) is 4.56. The molecule has 20 heavy (non-hydrogen) atoms. The molecule has 2 aromatic carbocycles. The van der Waals surface area contributed by atoms with Crippen molar-refractivity contribution in [3.05, 3.63) is 60.2 Å². The number of hydrogen-bond acceptors (Lipinski definition) is 3. The van der Waals surface area contributed by atoms with Crippen molar-refractivity contribution >= 4 is 23.3 Å². The van der Waals surface area contributed by atoms with Gasteiger partial charge < -0.3 is 11.1 Å².